The molecule has 0 amide bonds. The van der Waals surface area contributed by atoms with E-state index in [0.717, 1.165) is 0 Å². The van der Waals surface area contributed by atoms with Crippen LogP contribution >= 0.6 is 0 Å². The smallest absolute Gasteiger partial charge is 0.139 e. The average molecular weight is 182 g/mol. The van der Waals surface area contributed by atoms with Gasteiger partial charge in [-0.3, -0.25) is 0 Å². The van der Waals surface area contributed by atoms with Gasteiger partial charge in [-0.05, 0) is 13.0 Å². The van der Waals surface area contributed by atoms with Gasteiger partial charge in [-0.25, -0.2) is 4.39 Å². The van der Waals surface area contributed by atoms with Crippen molar-refractivity contribution in [2.75, 3.05) is 0 Å². The van der Waals surface area contributed by atoms with Crippen molar-refractivity contribution in [1.82, 2.24) is 0 Å². The summed E-state index contributed by atoms with van der Waals surface area (Å²) in [5.74, 6) is -0.482. The van der Waals surface area contributed by atoms with Crippen LogP contribution in [-0.4, -0.2) is 0 Å². The second-order valence-corrected chi connectivity index (χ2v) is 2.30. The molecule has 0 aliphatic carbocycles. The first-order valence-corrected chi connectivity index (χ1v) is 4.21. The van der Waals surface area contributed by atoms with E-state index in [1.54, 1.807) is 13.0 Å². The van der Waals surface area contributed by atoms with E-state index in [1.807, 2.05) is 13.8 Å². The first-order chi connectivity index (χ1) is 6.13. The van der Waals surface area contributed by atoms with Gasteiger partial charge in [0, 0.05) is 10.8 Å². The molecule has 13 heavy (non-hydrogen) atoms. The van der Waals surface area contributed by atoms with Crippen LogP contribution in [0.15, 0.2) is 29.2 Å². The number of halogens is 1. The molecule has 0 saturated heterocycles. The molecule has 0 N–H and O–H groups in total. The quantitative estimate of drug-likeness (QED) is 0.650. The molecule has 0 unspecified atom stereocenters. The Morgan fingerprint density at radius 3 is 2.31 bits per heavy atom. The largest absolute Gasteiger partial charge is 0.464 e. The van der Waals surface area contributed by atoms with E-state index in [1.165, 1.54) is 6.26 Å². The standard InChI is InChI=1S/C9H9FO.C2H6/c1-6-4-5-11-9(6)7(2)8(3)10;1-2/h4-5H,1,3H2,2H3;1-2H3/b9-7+;. The molecule has 72 valence electrons. The van der Waals surface area contributed by atoms with Gasteiger partial charge in [0.05, 0.1) is 6.26 Å². The molecule has 0 fully saturated rings. The zero-order valence-corrected chi connectivity index (χ0v) is 8.36. The fourth-order valence-corrected chi connectivity index (χ4v) is 0.788. The molecule has 1 aromatic heterocycles. The van der Waals surface area contributed by atoms with Crippen LogP contribution in [-0.2, 0) is 0 Å². The molecule has 0 bridgehead atoms. The summed E-state index contributed by atoms with van der Waals surface area (Å²) in [6.45, 7) is 12.4. The van der Waals surface area contributed by atoms with E-state index in [0.29, 0.717) is 16.2 Å². The minimum Gasteiger partial charge on any atom is -0.464 e. The molecular formula is C11H15FO. The van der Waals surface area contributed by atoms with Crippen molar-refractivity contribution in [3.63, 3.8) is 0 Å². The topological polar surface area (TPSA) is 13.1 Å². The molecule has 0 aliphatic heterocycles. The average Bonchev–Trinajstić information content (AvgIpc) is 2.53. The maximum atomic E-state index is 12.5. The molecule has 1 aromatic rings. The fraction of sp³-hybridized carbons (Fsp3) is 0.273. The minimum atomic E-state index is -0.482. The summed E-state index contributed by atoms with van der Waals surface area (Å²) in [4.78, 5) is 0. The first-order valence-electron chi connectivity index (χ1n) is 4.21. The Labute approximate surface area is 77.9 Å². The number of hydrogen-bond acceptors (Lipinski definition) is 1. The number of rotatable bonds is 1. The van der Waals surface area contributed by atoms with E-state index >= 15 is 0 Å². The summed E-state index contributed by atoms with van der Waals surface area (Å²) < 4.78 is 17.5. The molecular weight excluding hydrogens is 167 g/mol. The zero-order valence-electron chi connectivity index (χ0n) is 8.36. The zero-order chi connectivity index (χ0) is 10.4. The summed E-state index contributed by atoms with van der Waals surface area (Å²) in [5, 5.41) is 0.682. The van der Waals surface area contributed by atoms with Gasteiger partial charge in [0.15, 0.2) is 0 Å². The maximum absolute atomic E-state index is 12.5. The Bertz CT molecular complexity index is 373. The predicted molar refractivity (Wildman–Crippen MR) is 54.2 cm³/mol. The van der Waals surface area contributed by atoms with Crippen LogP contribution in [0.4, 0.5) is 4.39 Å². The molecule has 1 heterocycles. The monoisotopic (exact) mass is 182 g/mol. The number of allylic oxidation sites excluding steroid dienone is 1. The van der Waals surface area contributed by atoms with Crippen molar-refractivity contribution >= 4 is 12.2 Å². The van der Waals surface area contributed by atoms with Gasteiger partial charge in [0.1, 0.15) is 11.2 Å². The lowest BCUT2D eigenvalue weighted by molar-refractivity contribution is 0.524. The van der Waals surface area contributed by atoms with Gasteiger partial charge in [-0.2, -0.15) is 0 Å². The van der Waals surface area contributed by atoms with Crippen LogP contribution in [0.2, 0.25) is 0 Å². The summed E-state index contributed by atoms with van der Waals surface area (Å²) >= 11 is 0. The SMILES string of the molecule is C=C(F)/C(C)=c1/occc1=C.CC. The highest BCUT2D eigenvalue weighted by molar-refractivity contribution is 5.55. The maximum Gasteiger partial charge on any atom is 0.139 e. The van der Waals surface area contributed by atoms with Crippen molar-refractivity contribution in [2.24, 2.45) is 0 Å². The molecule has 1 nitrogen and oxygen atoms in total. The second kappa shape index (κ2) is 5.36. The van der Waals surface area contributed by atoms with Crippen molar-refractivity contribution in [3.05, 3.63) is 35.4 Å². The van der Waals surface area contributed by atoms with E-state index in [-0.39, 0.29) is 0 Å². The van der Waals surface area contributed by atoms with Crippen molar-refractivity contribution in [2.45, 2.75) is 20.8 Å². The van der Waals surface area contributed by atoms with Crippen LogP contribution < -0.4 is 10.6 Å². The van der Waals surface area contributed by atoms with Gasteiger partial charge in [0.25, 0.3) is 0 Å². The van der Waals surface area contributed by atoms with E-state index in [2.05, 4.69) is 13.2 Å². The van der Waals surface area contributed by atoms with Crippen LogP contribution in [0.5, 0.6) is 0 Å². The van der Waals surface area contributed by atoms with Crippen molar-refractivity contribution < 1.29 is 8.81 Å². The fourth-order valence-electron chi connectivity index (χ4n) is 0.788. The van der Waals surface area contributed by atoms with Gasteiger partial charge in [0.2, 0.25) is 0 Å². The number of hydrogen-bond donors (Lipinski definition) is 0. The van der Waals surface area contributed by atoms with Crippen molar-refractivity contribution in [1.29, 1.82) is 0 Å². The van der Waals surface area contributed by atoms with Gasteiger partial charge >= 0.3 is 0 Å². The normalized spacial score (nSPS) is 11.4. The molecule has 0 aromatic carbocycles. The minimum absolute atomic E-state index is 0.403. The predicted octanol–water partition coefficient (Wildman–Crippen LogP) is 2.37. The molecule has 0 radical (unpaired) electrons. The van der Waals surface area contributed by atoms with Crippen molar-refractivity contribution in [3.8, 4) is 0 Å². The Balaban J connectivity index is 0.000000671. The van der Waals surface area contributed by atoms with Gasteiger partial charge in [-0.15, -0.1) is 0 Å². The molecule has 0 aliphatic rings. The van der Waals surface area contributed by atoms with E-state index < -0.39 is 5.83 Å². The highest BCUT2D eigenvalue weighted by atomic mass is 19.1. The lowest BCUT2D eigenvalue weighted by atomic mass is 10.2. The molecule has 2 heteroatoms. The van der Waals surface area contributed by atoms with Crippen LogP contribution in [0, 0.1) is 0 Å². The van der Waals surface area contributed by atoms with Gasteiger partial charge < -0.3 is 4.42 Å². The first kappa shape index (κ1) is 11.7. The molecule has 0 atom stereocenters. The second-order valence-electron chi connectivity index (χ2n) is 2.30. The van der Waals surface area contributed by atoms with E-state index in [9.17, 15) is 4.39 Å². The lowest BCUT2D eigenvalue weighted by Crippen LogP contribution is -2.19. The Morgan fingerprint density at radius 2 is 2.00 bits per heavy atom. The highest BCUT2D eigenvalue weighted by Crippen LogP contribution is 2.04. The summed E-state index contributed by atoms with van der Waals surface area (Å²) in [7, 11) is 0. The molecule has 1 rings (SSSR count). The molecule has 0 saturated carbocycles. The highest BCUT2D eigenvalue weighted by Gasteiger charge is 1.97. The Hall–Kier alpha value is -1.31. The summed E-state index contributed by atoms with van der Waals surface area (Å²) in [6.07, 6.45) is 1.48. The Kier molecular flexibility index (Phi) is 4.82. The Morgan fingerprint density at radius 1 is 1.46 bits per heavy atom. The molecule has 0 spiro atoms. The summed E-state index contributed by atoms with van der Waals surface area (Å²) in [6, 6.07) is 1.68. The van der Waals surface area contributed by atoms with Gasteiger partial charge in [-0.1, -0.05) is 27.0 Å². The third kappa shape index (κ3) is 2.90. The van der Waals surface area contributed by atoms with Crippen LogP contribution in [0.25, 0.3) is 12.2 Å². The third-order valence-corrected chi connectivity index (χ3v) is 1.49. The number of furan rings is 1. The summed E-state index contributed by atoms with van der Waals surface area (Å²) in [5.41, 5.74) is 0.873. The third-order valence-electron chi connectivity index (χ3n) is 1.49. The van der Waals surface area contributed by atoms with E-state index in [4.69, 9.17) is 4.42 Å². The lowest BCUT2D eigenvalue weighted by Gasteiger charge is -1.89. The van der Waals surface area contributed by atoms with Crippen LogP contribution in [0.3, 0.4) is 0 Å². The van der Waals surface area contributed by atoms with Crippen LogP contribution in [0.1, 0.15) is 20.8 Å².